The van der Waals surface area contributed by atoms with Gasteiger partial charge in [0.25, 0.3) is 5.78 Å². The maximum atomic E-state index is 12.5. The van der Waals surface area contributed by atoms with Crippen LogP contribution in [0.3, 0.4) is 0 Å². The zero-order valence-electron chi connectivity index (χ0n) is 15.4. The lowest BCUT2D eigenvalue weighted by Gasteiger charge is -2.11. The molecule has 2 heterocycles. The van der Waals surface area contributed by atoms with Crippen molar-refractivity contribution >= 4 is 23.3 Å². The Hall–Kier alpha value is -2.96. The van der Waals surface area contributed by atoms with Gasteiger partial charge in [-0.05, 0) is 44.4 Å². The van der Waals surface area contributed by atoms with Crippen molar-refractivity contribution in [1.29, 1.82) is 0 Å². The molecule has 136 valence electrons. The average molecular weight is 352 g/mol. The van der Waals surface area contributed by atoms with Crippen LogP contribution in [-0.4, -0.2) is 25.5 Å². The summed E-state index contributed by atoms with van der Waals surface area (Å²) in [5, 5.41) is 7.07. The van der Waals surface area contributed by atoms with E-state index in [-0.39, 0.29) is 18.3 Å². The lowest BCUT2D eigenvalue weighted by Crippen LogP contribution is -2.17. The number of amides is 1. The van der Waals surface area contributed by atoms with Gasteiger partial charge in [0.2, 0.25) is 11.9 Å². The highest BCUT2D eigenvalue weighted by molar-refractivity contribution is 5.92. The van der Waals surface area contributed by atoms with Crippen LogP contribution in [0, 0.1) is 13.8 Å². The fraction of sp³-hybridized carbons (Fsp3) is 0.368. The number of carbonyl (C=O) groups excluding carboxylic acids is 1. The smallest absolute Gasteiger partial charge is 0.254 e. The monoisotopic (exact) mass is 352 g/mol. The van der Waals surface area contributed by atoms with Gasteiger partial charge in [0.05, 0.1) is 6.42 Å². The first-order valence-corrected chi connectivity index (χ1v) is 8.85. The third-order valence-electron chi connectivity index (χ3n) is 4.46. The molecule has 0 spiro atoms. The maximum Gasteiger partial charge on any atom is 0.254 e. The van der Waals surface area contributed by atoms with Crippen molar-refractivity contribution in [3.8, 4) is 0 Å². The summed E-state index contributed by atoms with van der Waals surface area (Å²) in [6.45, 7) is 5.93. The quantitative estimate of drug-likeness (QED) is 0.711. The van der Waals surface area contributed by atoms with Gasteiger partial charge in [-0.1, -0.05) is 25.5 Å². The van der Waals surface area contributed by atoms with Gasteiger partial charge in [-0.15, -0.1) is 5.10 Å². The molecular weight excluding hydrogens is 328 g/mol. The molecule has 0 unspecified atom stereocenters. The molecule has 7 heteroatoms. The molecule has 0 aliphatic carbocycles. The van der Waals surface area contributed by atoms with Crippen LogP contribution in [0.15, 0.2) is 24.3 Å². The Morgan fingerprint density at radius 3 is 2.62 bits per heavy atom. The van der Waals surface area contributed by atoms with E-state index in [2.05, 4.69) is 39.4 Å². The Morgan fingerprint density at radius 1 is 1.19 bits per heavy atom. The Bertz CT molecular complexity index is 929. The summed E-state index contributed by atoms with van der Waals surface area (Å²) in [7, 11) is 0. The van der Waals surface area contributed by atoms with Gasteiger partial charge in [-0.3, -0.25) is 4.79 Å². The Morgan fingerprint density at radius 2 is 1.92 bits per heavy atom. The van der Waals surface area contributed by atoms with Crippen molar-refractivity contribution in [3.63, 3.8) is 0 Å². The van der Waals surface area contributed by atoms with E-state index < -0.39 is 0 Å². The minimum absolute atomic E-state index is 0.0910. The van der Waals surface area contributed by atoms with Crippen LogP contribution in [-0.2, 0) is 17.6 Å². The first kappa shape index (κ1) is 17.8. The second-order valence-electron chi connectivity index (χ2n) is 6.47. The maximum absolute atomic E-state index is 12.5. The number of rotatable bonds is 6. The first-order valence-electron chi connectivity index (χ1n) is 8.85. The van der Waals surface area contributed by atoms with E-state index >= 15 is 0 Å². The van der Waals surface area contributed by atoms with E-state index in [0.29, 0.717) is 5.78 Å². The zero-order valence-corrected chi connectivity index (χ0v) is 15.4. The van der Waals surface area contributed by atoms with Gasteiger partial charge < -0.3 is 11.1 Å². The molecule has 3 N–H and O–H groups in total. The van der Waals surface area contributed by atoms with E-state index in [0.717, 1.165) is 29.1 Å². The van der Waals surface area contributed by atoms with E-state index in [1.807, 2.05) is 26.0 Å². The molecule has 2 aromatic heterocycles. The van der Waals surface area contributed by atoms with E-state index in [1.165, 1.54) is 18.4 Å². The summed E-state index contributed by atoms with van der Waals surface area (Å²) >= 11 is 0. The Labute approximate surface area is 152 Å². The lowest BCUT2D eigenvalue weighted by atomic mass is 10.1. The summed E-state index contributed by atoms with van der Waals surface area (Å²) in [5.41, 5.74) is 10.1. The zero-order chi connectivity index (χ0) is 18.7. The molecule has 0 saturated heterocycles. The van der Waals surface area contributed by atoms with Gasteiger partial charge in [0, 0.05) is 22.6 Å². The highest BCUT2D eigenvalue weighted by Crippen LogP contribution is 2.17. The highest BCUT2D eigenvalue weighted by atomic mass is 16.1. The van der Waals surface area contributed by atoms with Crippen LogP contribution in [0.1, 0.15) is 42.3 Å². The predicted octanol–water partition coefficient (Wildman–Crippen LogP) is 2.85. The highest BCUT2D eigenvalue weighted by Gasteiger charge is 2.15. The van der Waals surface area contributed by atoms with Gasteiger partial charge in [-0.2, -0.15) is 9.50 Å². The number of anilines is 2. The van der Waals surface area contributed by atoms with Gasteiger partial charge >= 0.3 is 0 Å². The minimum atomic E-state index is -0.0910. The number of nitrogen functional groups attached to an aromatic ring is 1. The van der Waals surface area contributed by atoms with Crippen LogP contribution >= 0.6 is 0 Å². The normalized spacial score (nSPS) is 11.0. The number of fused-ring (bicyclic) bond motifs is 1. The molecule has 0 radical (unpaired) electrons. The van der Waals surface area contributed by atoms with Crippen LogP contribution in [0.4, 0.5) is 11.6 Å². The fourth-order valence-electron chi connectivity index (χ4n) is 2.98. The van der Waals surface area contributed by atoms with Crippen LogP contribution in [0.5, 0.6) is 0 Å². The average Bonchev–Trinajstić information content (AvgIpc) is 2.98. The number of nitrogens with two attached hydrogens (primary N) is 1. The molecule has 1 aromatic carbocycles. The van der Waals surface area contributed by atoms with Crippen LogP contribution < -0.4 is 11.1 Å². The molecule has 26 heavy (non-hydrogen) atoms. The third kappa shape index (κ3) is 3.82. The number of nitrogens with zero attached hydrogens (tertiary/aromatic N) is 4. The second kappa shape index (κ2) is 7.51. The van der Waals surface area contributed by atoms with E-state index in [1.54, 1.807) is 4.52 Å². The summed E-state index contributed by atoms with van der Waals surface area (Å²) in [5.74, 6) is 0.529. The number of aryl methyl sites for hydroxylation is 3. The number of unbranched alkanes of at least 4 members (excludes halogenated alkanes) is 1. The van der Waals surface area contributed by atoms with Crippen molar-refractivity contribution in [2.24, 2.45) is 0 Å². The first-order chi connectivity index (χ1) is 12.5. The van der Waals surface area contributed by atoms with Crippen LogP contribution in [0.25, 0.3) is 5.78 Å². The molecule has 0 fully saturated rings. The van der Waals surface area contributed by atoms with Gasteiger partial charge in [0.1, 0.15) is 0 Å². The Kier molecular flexibility index (Phi) is 5.16. The lowest BCUT2D eigenvalue weighted by molar-refractivity contribution is -0.115. The number of benzene rings is 1. The summed E-state index contributed by atoms with van der Waals surface area (Å²) in [6, 6.07) is 8.02. The van der Waals surface area contributed by atoms with Crippen molar-refractivity contribution in [2.45, 2.75) is 46.5 Å². The predicted molar refractivity (Wildman–Crippen MR) is 102 cm³/mol. The number of nitrogens with one attached hydrogen (secondary N) is 1. The van der Waals surface area contributed by atoms with Gasteiger partial charge in [-0.25, -0.2) is 4.98 Å². The molecular formula is C19H24N6O. The second-order valence-corrected chi connectivity index (χ2v) is 6.47. The summed E-state index contributed by atoms with van der Waals surface area (Å²) in [4.78, 5) is 20.9. The van der Waals surface area contributed by atoms with Crippen LogP contribution in [0.2, 0.25) is 0 Å². The molecule has 0 atom stereocenters. The van der Waals surface area contributed by atoms with Crippen molar-refractivity contribution in [3.05, 3.63) is 46.8 Å². The Balaban J connectivity index is 1.73. The van der Waals surface area contributed by atoms with E-state index in [9.17, 15) is 4.79 Å². The van der Waals surface area contributed by atoms with Gasteiger partial charge in [0.15, 0.2) is 0 Å². The molecule has 0 aliphatic heterocycles. The molecule has 0 aliphatic rings. The number of carbonyl (C=O) groups is 1. The fourth-order valence-corrected chi connectivity index (χ4v) is 2.98. The minimum Gasteiger partial charge on any atom is -0.366 e. The molecule has 7 nitrogen and oxygen atoms in total. The summed E-state index contributed by atoms with van der Waals surface area (Å²) in [6.07, 6.45) is 3.63. The number of aromatic nitrogens is 4. The number of hydrogen-bond donors (Lipinski definition) is 2. The largest absolute Gasteiger partial charge is 0.366 e. The van der Waals surface area contributed by atoms with Crippen molar-refractivity contribution in [1.82, 2.24) is 19.6 Å². The molecule has 1 amide bonds. The SMILES string of the molecule is CCCCc1ccc(NC(=O)Cc2c(C)nc3nc(N)nn3c2C)cc1. The molecule has 3 aromatic rings. The van der Waals surface area contributed by atoms with Crippen molar-refractivity contribution < 1.29 is 4.79 Å². The number of hydrogen-bond acceptors (Lipinski definition) is 5. The summed E-state index contributed by atoms with van der Waals surface area (Å²) < 4.78 is 1.58. The third-order valence-corrected chi connectivity index (χ3v) is 4.46. The molecule has 0 saturated carbocycles. The van der Waals surface area contributed by atoms with E-state index in [4.69, 9.17) is 5.73 Å². The molecule has 0 bridgehead atoms. The topological polar surface area (TPSA) is 98.2 Å². The standard InChI is InChI=1S/C19H24N6O/c1-4-5-6-14-7-9-15(10-8-14)22-17(26)11-16-12(2)21-19-23-18(20)24-25(19)13(16)3/h7-10H,4-6,11H2,1-3H3,(H2,20,24)(H,22,26). The van der Waals surface area contributed by atoms with Crippen molar-refractivity contribution in [2.75, 3.05) is 11.1 Å². The molecule has 3 rings (SSSR count).